The van der Waals surface area contributed by atoms with Crippen LogP contribution in [0.15, 0.2) is 73.6 Å². The number of benzene rings is 2. The van der Waals surface area contributed by atoms with Crippen LogP contribution in [-0.2, 0) is 11.2 Å². The number of nitrogens with zero attached hydrogens (tertiary/aromatic N) is 2. The highest BCUT2D eigenvalue weighted by molar-refractivity contribution is 5.65. The highest BCUT2D eigenvalue weighted by Crippen LogP contribution is 2.23. The summed E-state index contributed by atoms with van der Waals surface area (Å²) >= 11 is 0. The zero-order valence-corrected chi connectivity index (χ0v) is 21.1. The first kappa shape index (κ1) is 26.5. The molecule has 184 valence electrons. The van der Waals surface area contributed by atoms with E-state index in [9.17, 15) is 4.39 Å². The molecule has 0 amide bonds. The number of rotatable bonds is 14. The molecule has 0 saturated carbocycles. The van der Waals surface area contributed by atoms with Crippen molar-refractivity contribution in [2.24, 2.45) is 0 Å². The first-order valence-electron chi connectivity index (χ1n) is 12.7. The van der Waals surface area contributed by atoms with Crippen molar-refractivity contribution in [2.75, 3.05) is 6.61 Å². The van der Waals surface area contributed by atoms with Crippen molar-refractivity contribution in [1.29, 1.82) is 0 Å². The third-order valence-corrected chi connectivity index (χ3v) is 6.01. The van der Waals surface area contributed by atoms with E-state index in [0.717, 1.165) is 54.5 Å². The second-order valence-electron chi connectivity index (χ2n) is 8.94. The van der Waals surface area contributed by atoms with Gasteiger partial charge in [-0.25, -0.2) is 14.4 Å². The van der Waals surface area contributed by atoms with E-state index in [2.05, 4.69) is 54.7 Å². The standard InChI is InChI=1S/C31H37FN2O/c1-4-6-10-20-35-24(3)12-8-7-9-13-25-14-16-27(17-15-25)31-33-22-29(23-34-31)28-19-18-26(11-5-2)30(32)21-28/h5,9,13-19,21-24H,2,4,6-8,10-12,20H2,1,3H3/b13-9+. The molecule has 0 bridgehead atoms. The van der Waals surface area contributed by atoms with Crippen LogP contribution in [0.25, 0.3) is 28.6 Å². The summed E-state index contributed by atoms with van der Waals surface area (Å²) < 4.78 is 20.1. The molecule has 3 nitrogen and oxygen atoms in total. The molecular weight excluding hydrogens is 435 g/mol. The van der Waals surface area contributed by atoms with E-state index in [1.165, 1.54) is 18.9 Å². The molecule has 1 atom stereocenters. The van der Waals surface area contributed by atoms with Gasteiger partial charge in [0, 0.05) is 30.1 Å². The second-order valence-corrected chi connectivity index (χ2v) is 8.94. The molecule has 0 radical (unpaired) electrons. The van der Waals surface area contributed by atoms with Crippen LogP contribution in [-0.4, -0.2) is 22.7 Å². The summed E-state index contributed by atoms with van der Waals surface area (Å²) in [6.07, 6.45) is 17.3. The maximum Gasteiger partial charge on any atom is 0.159 e. The van der Waals surface area contributed by atoms with Gasteiger partial charge in [-0.1, -0.05) is 74.4 Å². The average molecular weight is 473 g/mol. The lowest BCUT2D eigenvalue weighted by atomic mass is 10.0. The molecule has 4 heteroatoms. The molecule has 0 aliphatic heterocycles. The minimum atomic E-state index is -0.236. The van der Waals surface area contributed by atoms with Gasteiger partial charge < -0.3 is 4.74 Å². The number of aromatic nitrogens is 2. The molecule has 0 spiro atoms. The summed E-state index contributed by atoms with van der Waals surface area (Å²) in [7, 11) is 0. The highest BCUT2D eigenvalue weighted by Gasteiger charge is 2.07. The van der Waals surface area contributed by atoms with E-state index in [-0.39, 0.29) is 5.82 Å². The molecule has 0 fully saturated rings. The number of unbranched alkanes of at least 4 members (excludes halogenated alkanes) is 3. The van der Waals surface area contributed by atoms with Crippen molar-refractivity contribution in [2.45, 2.75) is 64.9 Å². The third-order valence-electron chi connectivity index (χ3n) is 6.01. The number of hydrogen-bond donors (Lipinski definition) is 0. The molecule has 0 aliphatic carbocycles. The SMILES string of the molecule is C=CCc1ccc(-c2cnc(-c3ccc(/C=C/CCCC(C)OCCCCC)cc3)nc2)cc1F. The quantitative estimate of drug-likeness (QED) is 0.174. The van der Waals surface area contributed by atoms with Gasteiger partial charge in [-0.05, 0) is 61.8 Å². The Balaban J connectivity index is 1.49. The predicted octanol–water partition coefficient (Wildman–Crippen LogP) is 8.46. The zero-order chi connectivity index (χ0) is 24.9. The third kappa shape index (κ3) is 8.56. The normalized spacial score (nSPS) is 12.2. The van der Waals surface area contributed by atoms with E-state index >= 15 is 0 Å². The van der Waals surface area contributed by atoms with E-state index < -0.39 is 0 Å². The van der Waals surface area contributed by atoms with E-state index in [0.29, 0.717) is 23.9 Å². The lowest BCUT2D eigenvalue weighted by Gasteiger charge is -2.11. The highest BCUT2D eigenvalue weighted by atomic mass is 19.1. The topological polar surface area (TPSA) is 35.0 Å². The fourth-order valence-electron chi connectivity index (χ4n) is 3.88. The summed E-state index contributed by atoms with van der Waals surface area (Å²) in [5.41, 5.74) is 4.30. The monoisotopic (exact) mass is 472 g/mol. The molecule has 1 heterocycles. The van der Waals surface area contributed by atoms with Gasteiger partial charge in [0.05, 0.1) is 6.10 Å². The Kier molecular flexibility index (Phi) is 10.8. The maximum atomic E-state index is 14.2. The van der Waals surface area contributed by atoms with Crippen LogP contribution >= 0.6 is 0 Å². The molecule has 2 aromatic carbocycles. The first-order chi connectivity index (χ1) is 17.1. The Labute approximate surface area is 209 Å². The molecule has 3 rings (SSSR count). The van der Waals surface area contributed by atoms with Crippen LogP contribution in [0.2, 0.25) is 0 Å². The summed E-state index contributed by atoms with van der Waals surface area (Å²) in [6.45, 7) is 8.93. The van der Waals surface area contributed by atoms with Crippen molar-refractivity contribution in [3.63, 3.8) is 0 Å². The Morgan fingerprint density at radius 1 is 0.971 bits per heavy atom. The Bertz CT molecular complexity index is 1070. The molecular formula is C31H37FN2O. The summed E-state index contributed by atoms with van der Waals surface area (Å²) in [4.78, 5) is 9.00. The number of halogens is 1. The van der Waals surface area contributed by atoms with Gasteiger partial charge in [0.25, 0.3) is 0 Å². The summed E-state index contributed by atoms with van der Waals surface area (Å²) in [5.74, 6) is 0.418. The van der Waals surface area contributed by atoms with Crippen molar-refractivity contribution < 1.29 is 9.13 Å². The van der Waals surface area contributed by atoms with E-state index in [1.54, 1.807) is 24.5 Å². The average Bonchev–Trinajstić information content (AvgIpc) is 2.88. The van der Waals surface area contributed by atoms with Crippen LogP contribution in [0.4, 0.5) is 4.39 Å². The van der Waals surface area contributed by atoms with Crippen molar-refractivity contribution in [3.05, 3.63) is 90.5 Å². The summed E-state index contributed by atoms with van der Waals surface area (Å²) in [6, 6.07) is 13.4. The van der Waals surface area contributed by atoms with Crippen molar-refractivity contribution >= 4 is 6.08 Å². The van der Waals surface area contributed by atoms with E-state index in [4.69, 9.17) is 4.74 Å². The zero-order valence-electron chi connectivity index (χ0n) is 21.1. The van der Waals surface area contributed by atoms with Gasteiger partial charge in [0.2, 0.25) is 0 Å². The van der Waals surface area contributed by atoms with Gasteiger partial charge >= 0.3 is 0 Å². The van der Waals surface area contributed by atoms with Crippen LogP contribution in [0.5, 0.6) is 0 Å². The Morgan fingerprint density at radius 3 is 2.40 bits per heavy atom. The molecule has 0 aliphatic rings. The van der Waals surface area contributed by atoms with Gasteiger partial charge in [0.15, 0.2) is 5.82 Å². The maximum absolute atomic E-state index is 14.2. The molecule has 0 N–H and O–H groups in total. The molecule has 1 aromatic heterocycles. The lowest BCUT2D eigenvalue weighted by Crippen LogP contribution is -2.08. The molecule has 3 aromatic rings. The smallest absolute Gasteiger partial charge is 0.159 e. The minimum Gasteiger partial charge on any atom is -0.379 e. The lowest BCUT2D eigenvalue weighted by molar-refractivity contribution is 0.0566. The van der Waals surface area contributed by atoms with Crippen LogP contribution in [0, 0.1) is 5.82 Å². The molecule has 0 saturated heterocycles. The van der Waals surface area contributed by atoms with Gasteiger partial charge in [0.1, 0.15) is 5.82 Å². The number of ether oxygens (including phenoxy) is 1. The van der Waals surface area contributed by atoms with Gasteiger partial charge in [-0.3, -0.25) is 0 Å². The Hall–Kier alpha value is -3.11. The molecule has 35 heavy (non-hydrogen) atoms. The van der Waals surface area contributed by atoms with Crippen LogP contribution in [0.3, 0.4) is 0 Å². The fraction of sp³-hybridized carbons (Fsp3) is 0.355. The minimum absolute atomic E-state index is 0.236. The second kappa shape index (κ2) is 14.3. The Morgan fingerprint density at radius 2 is 1.71 bits per heavy atom. The molecule has 1 unspecified atom stereocenters. The van der Waals surface area contributed by atoms with Crippen LogP contribution in [0.1, 0.15) is 63.5 Å². The number of allylic oxidation sites excluding steroid dienone is 2. The van der Waals surface area contributed by atoms with Crippen molar-refractivity contribution in [1.82, 2.24) is 9.97 Å². The van der Waals surface area contributed by atoms with Gasteiger partial charge in [-0.2, -0.15) is 0 Å². The van der Waals surface area contributed by atoms with Crippen LogP contribution < -0.4 is 0 Å². The number of hydrogen-bond acceptors (Lipinski definition) is 3. The predicted molar refractivity (Wildman–Crippen MR) is 145 cm³/mol. The van der Waals surface area contributed by atoms with Crippen molar-refractivity contribution in [3.8, 4) is 22.5 Å². The summed E-state index contributed by atoms with van der Waals surface area (Å²) in [5, 5.41) is 0. The van der Waals surface area contributed by atoms with E-state index in [1.807, 2.05) is 18.2 Å². The first-order valence-corrected chi connectivity index (χ1v) is 12.7. The largest absolute Gasteiger partial charge is 0.379 e. The fourth-order valence-corrected chi connectivity index (χ4v) is 3.88. The van der Waals surface area contributed by atoms with Gasteiger partial charge in [-0.15, -0.1) is 6.58 Å².